The van der Waals surface area contributed by atoms with E-state index in [9.17, 15) is 0 Å². The molecule has 4 nitrogen and oxygen atoms in total. The van der Waals surface area contributed by atoms with E-state index >= 15 is 0 Å². The summed E-state index contributed by atoms with van der Waals surface area (Å²) in [5.74, 6) is 0. The van der Waals surface area contributed by atoms with E-state index in [4.69, 9.17) is 0 Å². The largest absolute Gasteiger partial charge is 0.381 e. The van der Waals surface area contributed by atoms with E-state index in [1.54, 1.807) is 0 Å². The number of fused-ring (bicyclic) bond motifs is 7. The zero-order valence-corrected chi connectivity index (χ0v) is 26.8. The average molecular weight is 631 g/mol. The highest BCUT2D eigenvalue weighted by Crippen LogP contribution is 2.49. The van der Waals surface area contributed by atoms with Gasteiger partial charge >= 0.3 is 0 Å². The Bertz CT molecular complexity index is 2400. The van der Waals surface area contributed by atoms with E-state index in [0.717, 1.165) is 11.4 Å². The second-order valence-corrected chi connectivity index (χ2v) is 13.1. The Morgan fingerprint density at radius 3 is 2.37 bits per heavy atom. The van der Waals surface area contributed by atoms with Gasteiger partial charge in [0, 0.05) is 16.6 Å². The molecule has 0 amide bonds. The molecule has 0 radical (unpaired) electrons. The van der Waals surface area contributed by atoms with Crippen LogP contribution in [0.5, 0.6) is 0 Å². The molecule has 234 valence electrons. The summed E-state index contributed by atoms with van der Waals surface area (Å²) in [6.07, 6.45) is 13.0. The maximum Gasteiger partial charge on any atom is 0.128 e. The van der Waals surface area contributed by atoms with E-state index in [0.29, 0.717) is 0 Å². The summed E-state index contributed by atoms with van der Waals surface area (Å²) in [4.78, 5) is 2.42. The number of dihydropyridines is 1. The van der Waals surface area contributed by atoms with Crippen molar-refractivity contribution in [1.29, 1.82) is 0 Å². The van der Waals surface area contributed by atoms with Crippen molar-refractivity contribution in [3.8, 4) is 11.1 Å². The first-order chi connectivity index (χ1) is 24.3. The zero-order chi connectivity index (χ0) is 32.3. The van der Waals surface area contributed by atoms with Gasteiger partial charge in [-0.3, -0.25) is 0 Å². The predicted molar refractivity (Wildman–Crippen MR) is 205 cm³/mol. The van der Waals surface area contributed by atoms with Gasteiger partial charge in [0.2, 0.25) is 0 Å². The molecular weight excluding hydrogens is 597 g/mol. The highest BCUT2D eigenvalue weighted by molar-refractivity contribution is 6.05. The Balaban J connectivity index is 1.05. The summed E-state index contributed by atoms with van der Waals surface area (Å²) in [5.41, 5.74) is 14.7. The molecule has 3 aliphatic heterocycles. The molecule has 10 rings (SSSR count). The second kappa shape index (κ2) is 11.2. The Hall–Kier alpha value is -6.26. The standard InChI is InChI=1S/C45H34N4/c1-3-14-35-30(10-1)23-25-37-42(38-26-24-31-11-2-4-15-36(31)44(38)48-43(35)37)32-21-19-29(20-22-32)33-12-9-13-34(28-33)49-41-18-6-5-16-39(41)47-45(49)40-17-7-8-27-46-40/h1-28,40,43,45-48H. The fourth-order valence-corrected chi connectivity index (χ4v) is 8.06. The molecule has 4 aliphatic rings. The van der Waals surface area contributed by atoms with Crippen LogP contribution in [0.1, 0.15) is 28.3 Å². The van der Waals surface area contributed by atoms with Crippen molar-refractivity contribution >= 4 is 45.2 Å². The first-order valence-corrected chi connectivity index (χ1v) is 17.1. The molecule has 1 aliphatic carbocycles. The fraction of sp³-hybridized carbons (Fsp3) is 0.0667. The monoisotopic (exact) mass is 630 g/mol. The molecule has 0 aromatic heterocycles. The maximum absolute atomic E-state index is 3.97. The summed E-state index contributed by atoms with van der Waals surface area (Å²) >= 11 is 0. The lowest BCUT2D eigenvalue weighted by molar-refractivity contribution is 0.591. The molecule has 0 saturated carbocycles. The number of nitrogens with one attached hydrogen (secondary N) is 3. The number of para-hydroxylation sites is 2. The van der Waals surface area contributed by atoms with Crippen LogP contribution in [-0.2, 0) is 0 Å². The Labute approximate surface area is 286 Å². The second-order valence-electron chi connectivity index (χ2n) is 13.1. The lowest BCUT2D eigenvalue weighted by Gasteiger charge is -2.35. The molecule has 3 N–H and O–H groups in total. The Morgan fingerprint density at radius 2 is 1.45 bits per heavy atom. The van der Waals surface area contributed by atoms with Gasteiger partial charge in [0.05, 0.1) is 29.1 Å². The van der Waals surface area contributed by atoms with Crippen LogP contribution in [0, 0.1) is 0 Å². The summed E-state index contributed by atoms with van der Waals surface area (Å²) in [6, 6.07) is 48.9. The highest BCUT2D eigenvalue weighted by Gasteiger charge is 2.35. The van der Waals surface area contributed by atoms with Gasteiger partial charge in [-0.15, -0.1) is 0 Å². The minimum atomic E-state index is 0.0438. The summed E-state index contributed by atoms with van der Waals surface area (Å²) < 4.78 is 0. The number of hydrogen-bond donors (Lipinski definition) is 3. The number of allylic oxidation sites excluding steroid dienone is 2. The first-order valence-electron chi connectivity index (χ1n) is 17.1. The fourth-order valence-electron chi connectivity index (χ4n) is 8.06. The van der Waals surface area contributed by atoms with Gasteiger partial charge in [0.1, 0.15) is 6.17 Å². The summed E-state index contributed by atoms with van der Waals surface area (Å²) in [7, 11) is 0. The van der Waals surface area contributed by atoms with E-state index in [1.807, 2.05) is 12.3 Å². The van der Waals surface area contributed by atoms with Crippen molar-refractivity contribution in [2.24, 2.45) is 0 Å². The van der Waals surface area contributed by atoms with Crippen LogP contribution in [0.15, 0.2) is 170 Å². The predicted octanol–water partition coefficient (Wildman–Crippen LogP) is 10.4. The number of hydrogen-bond acceptors (Lipinski definition) is 4. The topological polar surface area (TPSA) is 39.3 Å². The molecule has 0 fully saturated rings. The lowest BCUT2D eigenvalue weighted by atomic mass is 9.78. The van der Waals surface area contributed by atoms with Crippen molar-refractivity contribution < 1.29 is 0 Å². The number of rotatable bonds is 4. The molecule has 3 heterocycles. The molecule has 6 aromatic carbocycles. The van der Waals surface area contributed by atoms with Crippen molar-refractivity contribution in [3.05, 3.63) is 192 Å². The Kier molecular flexibility index (Phi) is 6.34. The smallest absolute Gasteiger partial charge is 0.128 e. The van der Waals surface area contributed by atoms with Gasteiger partial charge in [-0.1, -0.05) is 133 Å². The first kappa shape index (κ1) is 27.8. The van der Waals surface area contributed by atoms with Crippen molar-refractivity contribution in [3.63, 3.8) is 0 Å². The van der Waals surface area contributed by atoms with Gasteiger partial charge in [0.25, 0.3) is 0 Å². The zero-order valence-electron chi connectivity index (χ0n) is 26.8. The highest BCUT2D eigenvalue weighted by atomic mass is 15.4. The van der Waals surface area contributed by atoms with Crippen LogP contribution in [0.2, 0.25) is 0 Å². The van der Waals surface area contributed by atoms with Gasteiger partial charge in [-0.25, -0.2) is 0 Å². The summed E-state index contributed by atoms with van der Waals surface area (Å²) in [6.45, 7) is 0. The van der Waals surface area contributed by atoms with Crippen LogP contribution < -0.4 is 20.9 Å². The van der Waals surface area contributed by atoms with Crippen LogP contribution in [-0.4, -0.2) is 12.2 Å². The maximum atomic E-state index is 3.97. The molecule has 0 bridgehead atoms. The van der Waals surface area contributed by atoms with Crippen LogP contribution in [0.4, 0.5) is 22.7 Å². The van der Waals surface area contributed by atoms with Crippen molar-refractivity contribution in [1.82, 2.24) is 5.32 Å². The molecule has 6 aromatic rings. The molecule has 49 heavy (non-hydrogen) atoms. The number of anilines is 4. The van der Waals surface area contributed by atoms with Gasteiger partial charge in [0.15, 0.2) is 0 Å². The third-order valence-corrected chi connectivity index (χ3v) is 10.4. The minimum Gasteiger partial charge on any atom is -0.381 e. The quantitative estimate of drug-likeness (QED) is 0.181. The number of benzene rings is 6. The normalized spacial score (nSPS) is 19.8. The molecule has 4 heteroatoms. The lowest BCUT2D eigenvalue weighted by Crippen LogP contribution is -2.48. The summed E-state index contributed by atoms with van der Waals surface area (Å²) in [5, 5.41) is 13.8. The molecular formula is C45H34N4. The third kappa shape index (κ3) is 4.52. The molecule has 3 unspecified atom stereocenters. The molecule has 0 saturated heterocycles. The van der Waals surface area contributed by atoms with E-state index < -0.39 is 0 Å². The van der Waals surface area contributed by atoms with Gasteiger partial charge in [-0.2, -0.15) is 0 Å². The van der Waals surface area contributed by atoms with Gasteiger partial charge in [-0.05, 0) is 80.9 Å². The van der Waals surface area contributed by atoms with Crippen molar-refractivity contribution in [2.75, 3.05) is 15.5 Å². The average Bonchev–Trinajstić information content (AvgIpc) is 3.57. The Morgan fingerprint density at radius 1 is 0.612 bits per heavy atom. The van der Waals surface area contributed by atoms with Gasteiger partial charge < -0.3 is 20.9 Å². The van der Waals surface area contributed by atoms with Crippen LogP contribution >= 0.6 is 0 Å². The molecule has 3 atom stereocenters. The third-order valence-electron chi connectivity index (χ3n) is 10.4. The SMILES string of the molecule is C1=CNC(C2Nc3ccccc3N2c2cccc(-c3ccc(C4=C5C=Cc6ccccc6C5Nc5c4ccc4ccccc54)cc3)c2)C=C1. The van der Waals surface area contributed by atoms with Crippen molar-refractivity contribution in [2.45, 2.75) is 18.2 Å². The molecule has 0 spiro atoms. The van der Waals surface area contributed by atoms with E-state index in [-0.39, 0.29) is 18.2 Å². The van der Waals surface area contributed by atoms with E-state index in [2.05, 4.69) is 179 Å². The van der Waals surface area contributed by atoms with Crippen LogP contribution in [0.3, 0.4) is 0 Å². The van der Waals surface area contributed by atoms with Crippen LogP contribution in [0.25, 0.3) is 33.5 Å². The van der Waals surface area contributed by atoms with E-state index in [1.165, 1.54) is 66.7 Å². The minimum absolute atomic E-state index is 0.0438. The number of nitrogens with zero attached hydrogens (tertiary/aromatic N) is 1.